The lowest BCUT2D eigenvalue weighted by atomic mass is 10.1. The normalized spacial score (nSPS) is 16.6. The first-order valence-electron chi connectivity index (χ1n) is 5.71. The monoisotopic (exact) mass is 237 g/mol. The molecular formula is C13H16FNO2. The number of aryl methyl sites for hydroxylation is 1. The summed E-state index contributed by atoms with van der Waals surface area (Å²) in [6.07, 6.45) is 1.87. The number of aliphatic hydroxyl groups excluding tert-OH is 1. The van der Waals surface area contributed by atoms with E-state index in [1.165, 1.54) is 12.1 Å². The van der Waals surface area contributed by atoms with Gasteiger partial charge >= 0.3 is 0 Å². The summed E-state index contributed by atoms with van der Waals surface area (Å²) in [5, 5.41) is 11.9. The van der Waals surface area contributed by atoms with Crippen LogP contribution in [0.5, 0.6) is 0 Å². The van der Waals surface area contributed by atoms with Gasteiger partial charge in [-0.2, -0.15) is 0 Å². The topological polar surface area (TPSA) is 49.3 Å². The van der Waals surface area contributed by atoms with Crippen LogP contribution in [0.25, 0.3) is 0 Å². The van der Waals surface area contributed by atoms with Gasteiger partial charge in [0.15, 0.2) is 0 Å². The van der Waals surface area contributed by atoms with Gasteiger partial charge in [0.05, 0.1) is 6.61 Å². The van der Waals surface area contributed by atoms with Gasteiger partial charge in [-0.1, -0.05) is 0 Å². The summed E-state index contributed by atoms with van der Waals surface area (Å²) in [6, 6.07) is 4.25. The Morgan fingerprint density at radius 1 is 1.47 bits per heavy atom. The first-order valence-corrected chi connectivity index (χ1v) is 5.71. The molecule has 2 rings (SSSR count). The Kier molecular flexibility index (Phi) is 3.15. The average molecular weight is 237 g/mol. The van der Waals surface area contributed by atoms with Crippen molar-refractivity contribution in [3.05, 3.63) is 35.1 Å². The van der Waals surface area contributed by atoms with Crippen LogP contribution in [0.15, 0.2) is 18.2 Å². The van der Waals surface area contributed by atoms with Gasteiger partial charge in [-0.3, -0.25) is 4.79 Å². The number of amides is 1. The standard InChI is InChI=1S/C13H16FNO2/c1-9-4-10(6-11(14)5-9)12(17)15-7-13(8-16)2-3-13/h4-6,16H,2-3,7-8H2,1H3,(H,15,17). The van der Waals surface area contributed by atoms with E-state index in [-0.39, 0.29) is 17.9 Å². The van der Waals surface area contributed by atoms with Gasteiger partial charge < -0.3 is 10.4 Å². The molecule has 0 aromatic heterocycles. The minimum Gasteiger partial charge on any atom is -0.396 e. The van der Waals surface area contributed by atoms with Crippen LogP contribution in [0.3, 0.4) is 0 Å². The molecule has 3 nitrogen and oxygen atoms in total. The van der Waals surface area contributed by atoms with Crippen LogP contribution in [-0.2, 0) is 0 Å². The van der Waals surface area contributed by atoms with E-state index in [9.17, 15) is 9.18 Å². The van der Waals surface area contributed by atoms with Crippen molar-refractivity contribution >= 4 is 5.91 Å². The van der Waals surface area contributed by atoms with Crippen molar-refractivity contribution in [3.63, 3.8) is 0 Å². The van der Waals surface area contributed by atoms with E-state index in [0.717, 1.165) is 18.4 Å². The van der Waals surface area contributed by atoms with Crippen molar-refractivity contribution < 1.29 is 14.3 Å². The van der Waals surface area contributed by atoms with Gasteiger partial charge in [-0.05, 0) is 43.5 Å². The smallest absolute Gasteiger partial charge is 0.251 e. The second-order valence-electron chi connectivity index (χ2n) is 4.86. The van der Waals surface area contributed by atoms with Gasteiger partial charge in [0, 0.05) is 17.5 Å². The third-order valence-corrected chi connectivity index (χ3v) is 3.22. The zero-order valence-corrected chi connectivity index (χ0v) is 9.79. The van der Waals surface area contributed by atoms with E-state index in [2.05, 4.69) is 5.32 Å². The molecule has 1 aliphatic carbocycles. The lowest BCUT2D eigenvalue weighted by molar-refractivity contribution is 0.0934. The lowest BCUT2D eigenvalue weighted by Crippen LogP contribution is -2.31. The fraction of sp³-hybridized carbons (Fsp3) is 0.462. The molecule has 1 amide bonds. The molecule has 0 saturated heterocycles. The van der Waals surface area contributed by atoms with E-state index in [1.807, 2.05) is 0 Å². The highest BCUT2D eigenvalue weighted by Crippen LogP contribution is 2.44. The van der Waals surface area contributed by atoms with Crippen LogP contribution in [0.1, 0.15) is 28.8 Å². The van der Waals surface area contributed by atoms with E-state index in [1.54, 1.807) is 13.0 Å². The van der Waals surface area contributed by atoms with Crippen LogP contribution >= 0.6 is 0 Å². The molecule has 1 saturated carbocycles. The molecule has 0 atom stereocenters. The van der Waals surface area contributed by atoms with Gasteiger partial charge in [-0.25, -0.2) is 4.39 Å². The summed E-state index contributed by atoms with van der Waals surface area (Å²) >= 11 is 0. The number of aliphatic hydroxyl groups is 1. The predicted molar refractivity (Wildman–Crippen MR) is 62.2 cm³/mol. The summed E-state index contributed by atoms with van der Waals surface area (Å²) < 4.78 is 13.1. The van der Waals surface area contributed by atoms with Crippen LogP contribution in [0.2, 0.25) is 0 Å². The number of hydrogen-bond acceptors (Lipinski definition) is 2. The molecule has 92 valence electrons. The molecule has 1 aliphatic rings. The number of carbonyl (C=O) groups excluding carboxylic acids is 1. The number of halogens is 1. The van der Waals surface area contributed by atoms with Crippen molar-refractivity contribution in [1.29, 1.82) is 0 Å². The largest absolute Gasteiger partial charge is 0.396 e. The highest BCUT2D eigenvalue weighted by Gasteiger charge is 2.42. The van der Waals surface area contributed by atoms with Crippen molar-refractivity contribution in [1.82, 2.24) is 5.32 Å². The first kappa shape index (κ1) is 12.0. The van der Waals surface area contributed by atoms with E-state index < -0.39 is 5.82 Å². The van der Waals surface area contributed by atoms with Crippen molar-refractivity contribution in [2.75, 3.05) is 13.2 Å². The molecule has 1 aromatic rings. The van der Waals surface area contributed by atoms with Crippen LogP contribution in [-0.4, -0.2) is 24.2 Å². The van der Waals surface area contributed by atoms with Crippen LogP contribution in [0.4, 0.5) is 4.39 Å². The molecular weight excluding hydrogens is 221 g/mol. The molecule has 2 N–H and O–H groups in total. The summed E-state index contributed by atoms with van der Waals surface area (Å²) in [6.45, 7) is 2.29. The Hall–Kier alpha value is -1.42. The number of nitrogens with one attached hydrogen (secondary N) is 1. The fourth-order valence-electron chi connectivity index (χ4n) is 1.80. The average Bonchev–Trinajstić information content (AvgIpc) is 3.05. The molecule has 0 radical (unpaired) electrons. The van der Waals surface area contributed by atoms with Gasteiger partial charge in [0.1, 0.15) is 5.82 Å². The zero-order chi connectivity index (χ0) is 12.5. The SMILES string of the molecule is Cc1cc(F)cc(C(=O)NCC2(CO)CC2)c1. The summed E-state index contributed by atoms with van der Waals surface area (Å²) in [5.41, 5.74) is 0.924. The summed E-state index contributed by atoms with van der Waals surface area (Å²) in [4.78, 5) is 11.8. The first-order chi connectivity index (χ1) is 8.04. The highest BCUT2D eigenvalue weighted by molar-refractivity contribution is 5.94. The molecule has 0 spiro atoms. The molecule has 1 fully saturated rings. The number of rotatable bonds is 4. The van der Waals surface area contributed by atoms with Crippen LogP contribution in [0, 0.1) is 18.2 Å². The van der Waals surface area contributed by atoms with Crippen LogP contribution < -0.4 is 5.32 Å². The zero-order valence-electron chi connectivity index (χ0n) is 9.79. The van der Waals surface area contributed by atoms with E-state index >= 15 is 0 Å². The maximum absolute atomic E-state index is 13.1. The Morgan fingerprint density at radius 2 is 2.18 bits per heavy atom. The Balaban J connectivity index is 1.99. The maximum Gasteiger partial charge on any atom is 0.251 e. The van der Waals surface area contributed by atoms with Crippen molar-refractivity contribution in [2.24, 2.45) is 5.41 Å². The quantitative estimate of drug-likeness (QED) is 0.836. The third kappa shape index (κ3) is 2.82. The summed E-state index contributed by atoms with van der Waals surface area (Å²) in [5.74, 6) is -0.689. The molecule has 0 aliphatic heterocycles. The molecule has 0 bridgehead atoms. The number of hydrogen-bond donors (Lipinski definition) is 2. The maximum atomic E-state index is 13.1. The predicted octanol–water partition coefficient (Wildman–Crippen LogP) is 1.64. The second-order valence-corrected chi connectivity index (χ2v) is 4.86. The minimum atomic E-state index is -0.404. The lowest BCUT2D eigenvalue weighted by Gasteiger charge is -2.12. The number of carbonyl (C=O) groups is 1. The summed E-state index contributed by atoms with van der Waals surface area (Å²) in [7, 11) is 0. The van der Waals surface area contributed by atoms with Gasteiger partial charge in [0.2, 0.25) is 0 Å². The molecule has 1 aromatic carbocycles. The highest BCUT2D eigenvalue weighted by atomic mass is 19.1. The Labute approximate surface area is 99.7 Å². The van der Waals surface area contributed by atoms with Crippen molar-refractivity contribution in [2.45, 2.75) is 19.8 Å². The van der Waals surface area contributed by atoms with E-state index in [0.29, 0.717) is 12.1 Å². The molecule has 0 heterocycles. The molecule has 17 heavy (non-hydrogen) atoms. The van der Waals surface area contributed by atoms with Crippen molar-refractivity contribution in [3.8, 4) is 0 Å². The second kappa shape index (κ2) is 4.45. The van der Waals surface area contributed by atoms with E-state index in [4.69, 9.17) is 5.11 Å². The third-order valence-electron chi connectivity index (χ3n) is 3.22. The molecule has 0 unspecified atom stereocenters. The number of benzene rings is 1. The van der Waals surface area contributed by atoms with Gasteiger partial charge in [-0.15, -0.1) is 0 Å². The van der Waals surface area contributed by atoms with Gasteiger partial charge in [0.25, 0.3) is 5.91 Å². The Bertz CT molecular complexity index is 421. The Morgan fingerprint density at radius 3 is 2.71 bits per heavy atom. The molecule has 4 heteroatoms. The minimum absolute atomic E-state index is 0.0927. The fourth-order valence-corrected chi connectivity index (χ4v) is 1.80.